The Balaban J connectivity index is 2.15. The van der Waals surface area contributed by atoms with E-state index in [2.05, 4.69) is 0 Å². The Kier molecular flexibility index (Phi) is 5.97. The largest absolute Gasteiger partial charge is 0.497 e. The van der Waals surface area contributed by atoms with Crippen molar-refractivity contribution >= 4 is 11.8 Å². The summed E-state index contributed by atoms with van der Waals surface area (Å²) < 4.78 is 5.18. The lowest BCUT2D eigenvalue weighted by Crippen LogP contribution is -2.46. The van der Waals surface area contributed by atoms with Gasteiger partial charge in [-0.2, -0.15) is 0 Å². The molecular formula is C17H26O3S. The third-order valence-corrected chi connectivity index (χ3v) is 6.08. The van der Waals surface area contributed by atoms with E-state index in [1.54, 1.807) is 18.9 Å². The number of rotatable bonds is 6. The molecule has 2 N–H and O–H groups in total. The second-order valence-corrected chi connectivity index (χ2v) is 7.25. The second kappa shape index (κ2) is 7.52. The number of methoxy groups -OCH3 is 1. The minimum absolute atomic E-state index is 0.0243. The number of aliphatic hydroxyl groups excluding tert-OH is 1. The van der Waals surface area contributed by atoms with Crippen LogP contribution >= 0.6 is 11.8 Å². The van der Waals surface area contributed by atoms with Gasteiger partial charge in [-0.1, -0.05) is 26.2 Å². The van der Waals surface area contributed by atoms with Gasteiger partial charge in [-0.15, -0.1) is 11.8 Å². The van der Waals surface area contributed by atoms with Crippen LogP contribution in [0.25, 0.3) is 0 Å². The smallest absolute Gasteiger partial charge is 0.118 e. The van der Waals surface area contributed by atoms with Crippen molar-refractivity contribution in [2.75, 3.05) is 13.7 Å². The molecule has 21 heavy (non-hydrogen) atoms. The van der Waals surface area contributed by atoms with Crippen molar-refractivity contribution in [2.24, 2.45) is 5.92 Å². The molecule has 1 aromatic carbocycles. The molecule has 0 aromatic heterocycles. The summed E-state index contributed by atoms with van der Waals surface area (Å²) in [5, 5.41) is 20.6. The molecule has 2 rings (SSSR count). The summed E-state index contributed by atoms with van der Waals surface area (Å²) in [6.45, 7) is 2.13. The van der Waals surface area contributed by atoms with Crippen LogP contribution in [0.4, 0.5) is 0 Å². The van der Waals surface area contributed by atoms with Gasteiger partial charge in [0.1, 0.15) is 5.75 Å². The fourth-order valence-electron chi connectivity index (χ4n) is 3.10. The van der Waals surface area contributed by atoms with Crippen LogP contribution in [0.3, 0.4) is 0 Å². The maximum absolute atomic E-state index is 11.0. The number of ether oxygens (including phenoxy) is 1. The molecule has 1 aliphatic rings. The monoisotopic (exact) mass is 310 g/mol. The summed E-state index contributed by atoms with van der Waals surface area (Å²) >= 11 is 1.68. The second-order valence-electron chi connectivity index (χ2n) is 6.04. The van der Waals surface area contributed by atoms with Crippen LogP contribution in [-0.2, 0) is 0 Å². The highest BCUT2D eigenvalue weighted by Crippen LogP contribution is 2.43. The molecule has 2 atom stereocenters. The van der Waals surface area contributed by atoms with Crippen molar-refractivity contribution in [1.82, 2.24) is 0 Å². The first-order chi connectivity index (χ1) is 10.1. The molecule has 1 aromatic rings. The predicted octanol–water partition coefficient (Wildman–Crippen LogP) is 3.48. The SMILES string of the molecule is COc1ccc(S[C@@H]([C@H](C)CO)C2(O)CCCCC2)cc1. The average molecular weight is 310 g/mol. The van der Waals surface area contributed by atoms with Gasteiger partial charge in [-0.3, -0.25) is 0 Å². The zero-order valence-electron chi connectivity index (χ0n) is 12.9. The molecule has 0 radical (unpaired) electrons. The van der Waals surface area contributed by atoms with Gasteiger partial charge in [0.2, 0.25) is 0 Å². The van der Waals surface area contributed by atoms with Gasteiger partial charge >= 0.3 is 0 Å². The number of thioether (sulfide) groups is 1. The van der Waals surface area contributed by atoms with E-state index in [0.29, 0.717) is 0 Å². The van der Waals surface area contributed by atoms with Crippen molar-refractivity contribution in [3.8, 4) is 5.75 Å². The van der Waals surface area contributed by atoms with Gasteiger partial charge in [0.15, 0.2) is 0 Å². The minimum atomic E-state index is -0.662. The number of aliphatic hydroxyl groups is 2. The zero-order valence-corrected chi connectivity index (χ0v) is 13.7. The highest BCUT2D eigenvalue weighted by Gasteiger charge is 2.41. The van der Waals surface area contributed by atoms with Crippen molar-refractivity contribution in [2.45, 2.75) is 54.8 Å². The fraction of sp³-hybridized carbons (Fsp3) is 0.647. The predicted molar refractivity (Wildman–Crippen MR) is 86.9 cm³/mol. The van der Waals surface area contributed by atoms with Gasteiger partial charge in [0.25, 0.3) is 0 Å². The van der Waals surface area contributed by atoms with E-state index in [9.17, 15) is 10.2 Å². The maximum Gasteiger partial charge on any atom is 0.118 e. The molecule has 0 bridgehead atoms. The van der Waals surface area contributed by atoms with E-state index in [1.165, 1.54) is 6.42 Å². The summed E-state index contributed by atoms with van der Waals surface area (Å²) in [6, 6.07) is 7.92. The lowest BCUT2D eigenvalue weighted by Gasteiger charge is -2.41. The normalized spacial score (nSPS) is 20.8. The highest BCUT2D eigenvalue weighted by atomic mass is 32.2. The van der Waals surface area contributed by atoms with Crippen LogP contribution in [0.1, 0.15) is 39.0 Å². The topological polar surface area (TPSA) is 49.7 Å². The van der Waals surface area contributed by atoms with Crippen LogP contribution in [0, 0.1) is 5.92 Å². The Hall–Kier alpha value is -0.710. The van der Waals surface area contributed by atoms with E-state index in [1.807, 2.05) is 31.2 Å². The fourth-order valence-corrected chi connectivity index (χ4v) is 4.46. The van der Waals surface area contributed by atoms with Crippen molar-refractivity contribution in [1.29, 1.82) is 0 Å². The van der Waals surface area contributed by atoms with E-state index in [-0.39, 0.29) is 17.8 Å². The zero-order chi connectivity index (χ0) is 15.3. The van der Waals surface area contributed by atoms with Gasteiger partial charge in [-0.25, -0.2) is 0 Å². The molecule has 0 amide bonds. The standard InChI is InChI=1S/C17H26O3S/c1-13(12-18)16(17(19)10-4-3-5-11-17)21-15-8-6-14(20-2)7-9-15/h6-9,13,16,18-19H,3-5,10-12H2,1-2H3/t13-,16+/m1/s1. The summed E-state index contributed by atoms with van der Waals surface area (Å²) in [5.74, 6) is 0.905. The van der Waals surface area contributed by atoms with Gasteiger partial charge < -0.3 is 14.9 Å². The van der Waals surface area contributed by atoms with E-state index in [0.717, 1.165) is 36.3 Å². The molecule has 4 heteroatoms. The molecule has 3 nitrogen and oxygen atoms in total. The molecule has 0 spiro atoms. The van der Waals surface area contributed by atoms with E-state index >= 15 is 0 Å². The molecule has 118 valence electrons. The Morgan fingerprint density at radius 3 is 2.33 bits per heavy atom. The summed E-state index contributed by atoms with van der Waals surface area (Å²) in [4.78, 5) is 1.11. The summed E-state index contributed by atoms with van der Waals surface area (Å²) in [5.41, 5.74) is -0.662. The molecule has 1 saturated carbocycles. The molecule has 1 aliphatic carbocycles. The van der Waals surface area contributed by atoms with Crippen molar-refractivity contribution in [3.05, 3.63) is 24.3 Å². The Morgan fingerprint density at radius 2 is 1.81 bits per heavy atom. The van der Waals surface area contributed by atoms with Crippen LogP contribution in [0.15, 0.2) is 29.2 Å². The first-order valence-electron chi connectivity index (χ1n) is 7.73. The first kappa shape index (κ1) is 16.7. The Bertz CT molecular complexity index is 426. The van der Waals surface area contributed by atoms with Crippen molar-refractivity contribution < 1.29 is 14.9 Å². The summed E-state index contributed by atoms with van der Waals surface area (Å²) in [7, 11) is 1.66. The lowest BCUT2D eigenvalue weighted by atomic mass is 9.79. The number of hydrogen-bond acceptors (Lipinski definition) is 4. The Labute approximate surface area is 131 Å². The highest BCUT2D eigenvalue weighted by molar-refractivity contribution is 8.00. The maximum atomic E-state index is 11.0. The molecular weight excluding hydrogens is 284 g/mol. The van der Waals surface area contributed by atoms with Crippen LogP contribution in [0.2, 0.25) is 0 Å². The minimum Gasteiger partial charge on any atom is -0.497 e. The van der Waals surface area contributed by atoms with Crippen molar-refractivity contribution in [3.63, 3.8) is 0 Å². The molecule has 0 heterocycles. The first-order valence-corrected chi connectivity index (χ1v) is 8.61. The molecule has 0 saturated heterocycles. The summed E-state index contributed by atoms with van der Waals surface area (Å²) in [6.07, 6.45) is 5.04. The number of benzene rings is 1. The molecule has 1 fully saturated rings. The van der Waals surface area contributed by atoms with E-state index in [4.69, 9.17) is 4.74 Å². The molecule has 0 unspecified atom stereocenters. The van der Waals surface area contributed by atoms with E-state index < -0.39 is 5.60 Å². The van der Waals surface area contributed by atoms with Gasteiger partial charge in [0, 0.05) is 16.8 Å². The van der Waals surface area contributed by atoms with Crippen LogP contribution in [-0.4, -0.2) is 34.8 Å². The quantitative estimate of drug-likeness (QED) is 0.790. The molecule has 0 aliphatic heterocycles. The van der Waals surface area contributed by atoms with Crippen LogP contribution in [0.5, 0.6) is 5.75 Å². The lowest BCUT2D eigenvalue weighted by molar-refractivity contribution is -0.0150. The van der Waals surface area contributed by atoms with Gasteiger partial charge in [0.05, 0.1) is 12.7 Å². The van der Waals surface area contributed by atoms with Gasteiger partial charge in [-0.05, 0) is 43.0 Å². The van der Waals surface area contributed by atoms with Crippen LogP contribution < -0.4 is 4.74 Å². The number of hydrogen-bond donors (Lipinski definition) is 2. The average Bonchev–Trinajstić information content (AvgIpc) is 2.53. The Morgan fingerprint density at radius 1 is 1.19 bits per heavy atom. The third-order valence-electron chi connectivity index (χ3n) is 4.38. The third kappa shape index (κ3) is 4.15.